The molecule has 25 heavy (non-hydrogen) atoms. The highest BCUT2D eigenvalue weighted by atomic mass is 32.1. The number of thiophene rings is 1. The predicted octanol–water partition coefficient (Wildman–Crippen LogP) is 2.60. The summed E-state index contributed by atoms with van der Waals surface area (Å²) in [4.78, 5) is 16.1. The molecule has 0 radical (unpaired) electrons. The molecule has 6 heteroatoms. The Labute approximate surface area is 153 Å². The van der Waals surface area contributed by atoms with Crippen molar-refractivity contribution in [1.82, 2.24) is 4.90 Å². The zero-order chi connectivity index (χ0) is 17.4. The molecule has 1 aliphatic carbocycles. The molecule has 2 saturated heterocycles. The number of likely N-dealkylation sites (tertiary alicyclic amines) is 1. The summed E-state index contributed by atoms with van der Waals surface area (Å²) in [7, 11) is 1.85. The molecular formula is C19H28N2O3S. The highest BCUT2D eigenvalue weighted by molar-refractivity contribution is 7.14. The van der Waals surface area contributed by atoms with Gasteiger partial charge in [-0.05, 0) is 37.8 Å². The van der Waals surface area contributed by atoms with Gasteiger partial charge in [0.1, 0.15) is 5.60 Å². The van der Waals surface area contributed by atoms with E-state index in [0.29, 0.717) is 22.8 Å². The Morgan fingerprint density at radius 2 is 1.92 bits per heavy atom. The van der Waals surface area contributed by atoms with Gasteiger partial charge in [0.15, 0.2) is 0 Å². The molecule has 0 aromatic carbocycles. The van der Waals surface area contributed by atoms with Crippen molar-refractivity contribution in [1.29, 1.82) is 0 Å². The van der Waals surface area contributed by atoms with Crippen LogP contribution in [0.3, 0.4) is 0 Å². The second-order valence-electron chi connectivity index (χ2n) is 7.65. The van der Waals surface area contributed by atoms with Crippen molar-refractivity contribution < 1.29 is 14.3 Å². The lowest BCUT2D eigenvalue weighted by Crippen LogP contribution is -2.61. The molecule has 2 aliphatic heterocycles. The first-order valence-electron chi connectivity index (χ1n) is 9.42. The van der Waals surface area contributed by atoms with E-state index in [9.17, 15) is 4.79 Å². The van der Waals surface area contributed by atoms with Crippen molar-refractivity contribution >= 4 is 17.2 Å². The maximum Gasteiger partial charge on any atom is 0.258 e. The molecule has 1 unspecified atom stereocenters. The van der Waals surface area contributed by atoms with Gasteiger partial charge in [0.25, 0.3) is 5.91 Å². The van der Waals surface area contributed by atoms with E-state index < -0.39 is 0 Å². The van der Waals surface area contributed by atoms with Gasteiger partial charge in [-0.25, -0.2) is 0 Å². The second kappa shape index (κ2) is 6.99. The monoisotopic (exact) mass is 364 g/mol. The number of amides is 1. The van der Waals surface area contributed by atoms with Crippen molar-refractivity contribution in [2.24, 2.45) is 17.6 Å². The minimum absolute atomic E-state index is 0.252. The van der Waals surface area contributed by atoms with Crippen LogP contribution in [0.25, 0.3) is 0 Å². The topological polar surface area (TPSA) is 64.8 Å². The number of nitrogens with two attached hydrogens (primary N) is 1. The van der Waals surface area contributed by atoms with Gasteiger partial charge in [-0.1, -0.05) is 6.42 Å². The Morgan fingerprint density at radius 1 is 1.24 bits per heavy atom. The molecular weight excluding hydrogens is 336 g/mol. The standard InChI is InChI=1S/C19H28N2O3S/c1-23-19(17-6-5-16(25-17)18(20)22)13-3-2-4-14(19)12-21(11-13)15-7-9-24-10-8-15/h5-6,13-15H,2-4,7-12H2,1H3,(H2,20,22)/t13-,14+,19?. The number of methoxy groups -OCH3 is 1. The Balaban J connectivity index is 1.63. The number of rotatable bonds is 4. The minimum atomic E-state index is -0.340. The summed E-state index contributed by atoms with van der Waals surface area (Å²) in [5.41, 5.74) is 5.24. The van der Waals surface area contributed by atoms with E-state index in [2.05, 4.69) is 11.0 Å². The Morgan fingerprint density at radius 3 is 2.48 bits per heavy atom. The van der Waals surface area contributed by atoms with Crippen LogP contribution >= 0.6 is 11.3 Å². The summed E-state index contributed by atoms with van der Waals surface area (Å²) in [6.07, 6.45) is 5.94. The van der Waals surface area contributed by atoms with E-state index in [1.165, 1.54) is 35.5 Å². The molecule has 1 aromatic rings. The fraction of sp³-hybridized carbons (Fsp3) is 0.737. The number of carbonyl (C=O) groups is 1. The van der Waals surface area contributed by atoms with Crippen LogP contribution < -0.4 is 5.73 Å². The third kappa shape index (κ3) is 2.93. The fourth-order valence-corrected chi connectivity index (χ4v) is 6.52. The maximum atomic E-state index is 11.6. The van der Waals surface area contributed by atoms with Crippen LogP contribution in [0.1, 0.15) is 46.7 Å². The first-order valence-corrected chi connectivity index (χ1v) is 10.2. The van der Waals surface area contributed by atoms with Crippen molar-refractivity contribution in [3.8, 4) is 0 Å². The lowest BCUT2D eigenvalue weighted by molar-refractivity contribution is -0.175. The molecule has 3 atom stereocenters. The zero-order valence-corrected chi connectivity index (χ0v) is 15.7. The van der Waals surface area contributed by atoms with E-state index in [-0.39, 0.29) is 11.5 Å². The molecule has 1 saturated carbocycles. The highest BCUT2D eigenvalue weighted by Gasteiger charge is 2.54. The van der Waals surface area contributed by atoms with Crippen molar-refractivity contribution in [2.45, 2.75) is 43.7 Å². The molecule has 138 valence electrons. The maximum absolute atomic E-state index is 11.6. The number of hydrogen-bond acceptors (Lipinski definition) is 5. The van der Waals surface area contributed by atoms with Crippen LogP contribution in [-0.4, -0.2) is 50.3 Å². The summed E-state index contributed by atoms with van der Waals surface area (Å²) in [6.45, 7) is 3.94. The Hall–Kier alpha value is -0.950. The Kier molecular flexibility index (Phi) is 4.88. The van der Waals surface area contributed by atoms with Gasteiger partial charge in [0.2, 0.25) is 0 Å². The number of carbonyl (C=O) groups excluding carboxylic acids is 1. The normalized spacial score (nSPS) is 34.1. The van der Waals surface area contributed by atoms with Crippen LogP contribution in [0.4, 0.5) is 0 Å². The van der Waals surface area contributed by atoms with Crippen LogP contribution in [0.15, 0.2) is 12.1 Å². The van der Waals surface area contributed by atoms with Gasteiger partial charge in [-0.3, -0.25) is 9.69 Å². The first kappa shape index (κ1) is 17.5. The average molecular weight is 365 g/mol. The lowest BCUT2D eigenvalue weighted by atomic mass is 9.64. The molecule has 2 bridgehead atoms. The van der Waals surface area contributed by atoms with Crippen molar-refractivity contribution in [3.63, 3.8) is 0 Å². The Bertz CT molecular complexity index is 612. The van der Waals surface area contributed by atoms with Gasteiger partial charge in [0.05, 0.1) is 4.88 Å². The highest BCUT2D eigenvalue weighted by Crippen LogP contribution is 2.53. The summed E-state index contributed by atoms with van der Waals surface area (Å²) in [5.74, 6) is 0.617. The van der Waals surface area contributed by atoms with E-state index in [4.69, 9.17) is 15.2 Å². The van der Waals surface area contributed by atoms with E-state index in [0.717, 1.165) is 39.1 Å². The van der Waals surface area contributed by atoms with Crippen LogP contribution in [0.5, 0.6) is 0 Å². The summed E-state index contributed by atoms with van der Waals surface area (Å²) >= 11 is 1.53. The molecule has 3 heterocycles. The van der Waals surface area contributed by atoms with Gasteiger partial charge in [0, 0.05) is 56.2 Å². The molecule has 3 aliphatic rings. The number of nitrogens with zero attached hydrogens (tertiary/aromatic N) is 1. The molecule has 1 aromatic heterocycles. The number of fused-ring (bicyclic) bond motifs is 2. The number of piperidine rings is 1. The van der Waals surface area contributed by atoms with Crippen molar-refractivity contribution in [2.75, 3.05) is 33.4 Å². The molecule has 2 N–H and O–H groups in total. The zero-order valence-electron chi connectivity index (χ0n) is 14.9. The molecule has 0 spiro atoms. The molecule has 4 rings (SSSR count). The number of ether oxygens (including phenoxy) is 2. The van der Waals surface area contributed by atoms with E-state index in [1.807, 2.05) is 13.2 Å². The van der Waals surface area contributed by atoms with E-state index in [1.54, 1.807) is 0 Å². The summed E-state index contributed by atoms with van der Waals surface area (Å²) in [5, 5.41) is 0. The third-order valence-corrected chi connectivity index (χ3v) is 7.74. The quantitative estimate of drug-likeness (QED) is 0.892. The lowest BCUT2D eigenvalue weighted by Gasteiger charge is -2.56. The van der Waals surface area contributed by atoms with E-state index >= 15 is 0 Å². The van der Waals surface area contributed by atoms with Crippen molar-refractivity contribution in [3.05, 3.63) is 21.9 Å². The third-order valence-electron chi connectivity index (χ3n) is 6.51. The largest absolute Gasteiger partial charge is 0.381 e. The minimum Gasteiger partial charge on any atom is -0.381 e. The SMILES string of the molecule is COC1(c2ccc(C(N)=O)s2)[C@@H]2CCC[C@H]1CN(C1CCOCC1)C2. The second-order valence-corrected chi connectivity index (χ2v) is 8.73. The smallest absolute Gasteiger partial charge is 0.258 e. The number of primary amides is 1. The molecule has 3 fully saturated rings. The van der Waals surface area contributed by atoms with Gasteiger partial charge >= 0.3 is 0 Å². The molecule has 1 amide bonds. The van der Waals surface area contributed by atoms with Crippen LogP contribution in [0.2, 0.25) is 0 Å². The summed E-state index contributed by atoms with van der Waals surface area (Å²) < 4.78 is 11.8. The predicted molar refractivity (Wildman–Crippen MR) is 97.8 cm³/mol. The summed E-state index contributed by atoms with van der Waals surface area (Å²) in [6, 6.07) is 4.59. The molecule has 5 nitrogen and oxygen atoms in total. The van der Waals surface area contributed by atoms with Gasteiger partial charge < -0.3 is 15.2 Å². The van der Waals surface area contributed by atoms with Crippen LogP contribution in [0, 0.1) is 11.8 Å². The average Bonchev–Trinajstić information content (AvgIpc) is 3.12. The van der Waals surface area contributed by atoms with Crippen LogP contribution in [-0.2, 0) is 15.1 Å². The number of hydrogen-bond donors (Lipinski definition) is 1. The first-order chi connectivity index (χ1) is 12.1. The van der Waals surface area contributed by atoms with Gasteiger partial charge in [-0.2, -0.15) is 0 Å². The van der Waals surface area contributed by atoms with Gasteiger partial charge in [-0.15, -0.1) is 11.3 Å². The fourth-order valence-electron chi connectivity index (χ4n) is 5.33.